The van der Waals surface area contributed by atoms with Crippen molar-refractivity contribution in [2.75, 3.05) is 32.7 Å². The van der Waals surface area contributed by atoms with Crippen molar-refractivity contribution in [3.63, 3.8) is 0 Å². The summed E-state index contributed by atoms with van der Waals surface area (Å²) in [6.07, 6.45) is 2.24. The van der Waals surface area contributed by atoms with Crippen LogP contribution in [0.1, 0.15) is 5.01 Å². The maximum absolute atomic E-state index is 11.7. The summed E-state index contributed by atoms with van der Waals surface area (Å²) in [7, 11) is 0. The number of thiazole rings is 1. The molecule has 0 atom stereocenters. The third-order valence-electron chi connectivity index (χ3n) is 2.44. The lowest BCUT2D eigenvalue weighted by molar-refractivity contribution is -0.119. The van der Waals surface area contributed by atoms with Crippen molar-refractivity contribution < 1.29 is 4.79 Å². The monoisotopic (exact) mass is 225 g/mol. The van der Waals surface area contributed by atoms with E-state index in [0.717, 1.165) is 31.2 Å². The first-order valence-electron chi connectivity index (χ1n) is 5.18. The molecule has 0 bridgehead atoms. The van der Waals surface area contributed by atoms with E-state index in [1.54, 1.807) is 17.5 Å². The molecule has 0 spiro atoms. The Morgan fingerprint density at radius 3 is 3.00 bits per heavy atom. The highest BCUT2D eigenvalue weighted by atomic mass is 32.1. The molecule has 1 N–H and O–H groups in total. The van der Waals surface area contributed by atoms with E-state index in [2.05, 4.69) is 15.2 Å². The van der Waals surface area contributed by atoms with Gasteiger partial charge < -0.3 is 5.32 Å². The number of nitrogens with zero attached hydrogens (tertiary/aromatic N) is 2. The average molecular weight is 225 g/mol. The third kappa shape index (κ3) is 3.37. The first-order valence-corrected chi connectivity index (χ1v) is 6.06. The van der Waals surface area contributed by atoms with Crippen LogP contribution in [0.2, 0.25) is 0 Å². The second-order valence-corrected chi connectivity index (χ2v) is 4.65. The average Bonchev–Trinajstić information content (AvgIpc) is 2.71. The van der Waals surface area contributed by atoms with Crippen LogP contribution < -0.4 is 5.32 Å². The van der Waals surface area contributed by atoms with Gasteiger partial charge in [-0.05, 0) is 0 Å². The molecule has 15 heavy (non-hydrogen) atoms. The van der Waals surface area contributed by atoms with Crippen molar-refractivity contribution in [2.24, 2.45) is 0 Å². The third-order valence-corrected chi connectivity index (χ3v) is 3.22. The Kier molecular flexibility index (Phi) is 3.82. The molecule has 2 rings (SSSR count). The highest BCUT2D eigenvalue weighted by Crippen LogP contribution is 2.05. The van der Waals surface area contributed by atoms with E-state index in [9.17, 15) is 4.79 Å². The number of Topliss-reactive ketones (excluding diaryl/α,β-unsaturated/α-hetero) is 1. The maximum atomic E-state index is 11.7. The molecule has 0 amide bonds. The zero-order valence-corrected chi connectivity index (χ0v) is 9.42. The van der Waals surface area contributed by atoms with Gasteiger partial charge >= 0.3 is 0 Å². The van der Waals surface area contributed by atoms with Gasteiger partial charge in [0.1, 0.15) is 0 Å². The highest BCUT2D eigenvalue weighted by Gasteiger charge is 2.14. The molecule has 1 aromatic rings. The summed E-state index contributed by atoms with van der Waals surface area (Å²) in [6, 6.07) is 0. The van der Waals surface area contributed by atoms with Gasteiger partial charge in [-0.1, -0.05) is 0 Å². The Labute approximate surface area is 93.3 Å². The van der Waals surface area contributed by atoms with Crippen LogP contribution in [0.5, 0.6) is 0 Å². The number of carbonyl (C=O) groups excluding carboxylic acids is 1. The SMILES string of the molecule is O=C(Cc1nccs1)CN1CCNCC1. The molecule has 4 nitrogen and oxygen atoms in total. The lowest BCUT2D eigenvalue weighted by atomic mass is 10.2. The Morgan fingerprint density at radius 1 is 1.53 bits per heavy atom. The molecule has 82 valence electrons. The van der Waals surface area contributed by atoms with Gasteiger partial charge in [0.25, 0.3) is 0 Å². The quantitative estimate of drug-likeness (QED) is 0.793. The largest absolute Gasteiger partial charge is 0.314 e. The Hall–Kier alpha value is -0.780. The van der Waals surface area contributed by atoms with Gasteiger partial charge in [-0.15, -0.1) is 11.3 Å². The van der Waals surface area contributed by atoms with Gasteiger partial charge in [0.15, 0.2) is 5.78 Å². The number of hydrogen-bond donors (Lipinski definition) is 1. The number of carbonyl (C=O) groups is 1. The molecule has 1 aliphatic heterocycles. The van der Waals surface area contributed by atoms with Gasteiger partial charge in [0.2, 0.25) is 0 Å². The molecule has 0 saturated carbocycles. The van der Waals surface area contributed by atoms with E-state index >= 15 is 0 Å². The van der Waals surface area contributed by atoms with Crippen LogP contribution >= 0.6 is 11.3 Å². The Morgan fingerprint density at radius 2 is 2.33 bits per heavy atom. The molecular weight excluding hydrogens is 210 g/mol. The second-order valence-electron chi connectivity index (χ2n) is 3.67. The smallest absolute Gasteiger partial charge is 0.153 e. The molecular formula is C10H15N3OS. The van der Waals surface area contributed by atoms with Crippen LogP contribution in [-0.2, 0) is 11.2 Å². The Balaban J connectivity index is 1.76. The van der Waals surface area contributed by atoms with Gasteiger partial charge in [0, 0.05) is 37.8 Å². The predicted molar refractivity (Wildman–Crippen MR) is 60.1 cm³/mol. The minimum absolute atomic E-state index is 0.270. The maximum Gasteiger partial charge on any atom is 0.153 e. The Bertz CT molecular complexity index is 306. The molecule has 1 aromatic heterocycles. The number of ketones is 1. The fourth-order valence-corrected chi connectivity index (χ4v) is 2.33. The number of rotatable bonds is 4. The standard InChI is InChI=1S/C10H15N3OS/c14-9(7-10-12-3-6-15-10)8-13-4-1-11-2-5-13/h3,6,11H,1-2,4-5,7-8H2. The minimum Gasteiger partial charge on any atom is -0.314 e. The molecule has 0 aromatic carbocycles. The second kappa shape index (κ2) is 5.34. The van der Waals surface area contributed by atoms with Crippen LogP contribution in [-0.4, -0.2) is 48.4 Å². The van der Waals surface area contributed by atoms with E-state index < -0.39 is 0 Å². The lowest BCUT2D eigenvalue weighted by Gasteiger charge is -2.26. The molecule has 1 saturated heterocycles. The summed E-state index contributed by atoms with van der Waals surface area (Å²) in [4.78, 5) is 18.0. The normalized spacial score (nSPS) is 17.9. The van der Waals surface area contributed by atoms with E-state index in [1.807, 2.05) is 5.38 Å². The molecule has 1 fully saturated rings. The van der Waals surface area contributed by atoms with Crippen LogP contribution in [0.15, 0.2) is 11.6 Å². The van der Waals surface area contributed by atoms with Crippen molar-refractivity contribution in [3.8, 4) is 0 Å². The van der Waals surface area contributed by atoms with E-state index in [-0.39, 0.29) is 5.78 Å². The predicted octanol–water partition coefficient (Wildman–Crippen LogP) is 0.160. The fourth-order valence-electron chi connectivity index (χ4n) is 1.68. The summed E-state index contributed by atoms with van der Waals surface area (Å²) in [6.45, 7) is 4.50. The molecule has 0 aliphatic carbocycles. The van der Waals surface area contributed by atoms with Crippen molar-refractivity contribution in [2.45, 2.75) is 6.42 Å². The van der Waals surface area contributed by atoms with Crippen LogP contribution in [0.25, 0.3) is 0 Å². The molecule has 0 radical (unpaired) electrons. The molecule has 1 aliphatic rings. The first kappa shape index (κ1) is 10.7. The number of hydrogen-bond acceptors (Lipinski definition) is 5. The summed E-state index contributed by atoms with van der Waals surface area (Å²) >= 11 is 1.55. The van der Waals surface area contributed by atoms with E-state index in [1.165, 1.54) is 0 Å². The summed E-state index contributed by atoms with van der Waals surface area (Å²) in [5.41, 5.74) is 0. The van der Waals surface area contributed by atoms with E-state index in [0.29, 0.717) is 13.0 Å². The zero-order chi connectivity index (χ0) is 10.5. The first-order chi connectivity index (χ1) is 7.34. The van der Waals surface area contributed by atoms with Crippen LogP contribution in [0, 0.1) is 0 Å². The minimum atomic E-state index is 0.270. The molecule has 5 heteroatoms. The summed E-state index contributed by atoms with van der Waals surface area (Å²) in [5, 5.41) is 6.11. The number of aromatic nitrogens is 1. The van der Waals surface area contributed by atoms with Gasteiger partial charge in [-0.2, -0.15) is 0 Å². The van der Waals surface area contributed by atoms with Crippen molar-refractivity contribution in [1.29, 1.82) is 0 Å². The van der Waals surface area contributed by atoms with Gasteiger partial charge in [0.05, 0.1) is 18.0 Å². The highest BCUT2D eigenvalue weighted by molar-refractivity contribution is 7.09. The van der Waals surface area contributed by atoms with Crippen LogP contribution in [0.3, 0.4) is 0 Å². The topological polar surface area (TPSA) is 45.2 Å². The van der Waals surface area contributed by atoms with Crippen molar-refractivity contribution >= 4 is 17.1 Å². The number of piperazine rings is 1. The van der Waals surface area contributed by atoms with E-state index in [4.69, 9.17) is 0 Å². The van der Waals surface area contributed by atoms with Gasteiger partial charge in [-0.25, -0.2) is 4.98 Å². The fraction of sp³-hybridized carbons (Fsp3) is 0.600. The summed E-state index contributed by atoms with van der Waals surface area (Å²) in [5.74, 6) is 0.270. The molecule has 0 unspecified atom stereocenters. The lowest BCUT2D eigenvalue weighted by Crippen LogP contribution is -2.45. The summed E-state index contributed by atoms with van der Waals surface area (Å²) < 4.78 is 0. The van der Waals surface area contributed by atoms with Crippen LogP contribution in [0.4, 0.5) is 0 Å². The number of nitrogens with one attached hydrogen (secondary N) is 1. The molecule has 2 heterocycles. The van der Waals surface area contributed by atoms with Gasteiger partial charge in [-0.3, -0.25) is 9.69 Å². The van der Waals surface area contributed by atoms with Crippen molar-refractivity contribution in [3.05, 3.63) is 16.6 Å². The zero-order valence-electron chi connectivity index (χ0n) is 8.61. The van der Waals surface area contributed by atoms with Crippen molar-refractivity contribution in [1.82, 2.24) is 15.2 Å².